The fourth-order valence-corrected chi connectivity index (χ4v) is 2.85. The standard InChI is InChI=1S/C16H24N2O4/c1-21-13-5-6-15(22-2)14(10-13)16(20)17-11-12-4-3-7-18(12)8-9-19/h5-6,10,12,19H,3-4,7-9,11H2,1-2H3,(H,17,20). The molecular weight excluding hydrogens is 284 g/mol. The second-order valence-electron chi connectivity index (χ2n) is 5.33. The Morgan fingerprint density at radius 3 is 2.91 bits per heavy atom. The van der Waals surface area contributed by atoms with Crippen LogP contribution in [0, 0.1) is 0 Å². The number of nitrogens with zero attached hydrogens (tertiary/aromatic N) is 1. The highest BCUT2D eigenvalue weighted by atomic mass is 16.5. The number of methoxy groups -OCH3 is 2. The van der Waals surface area contributed by atoms with E-state index in [2.05, 4.69) is 10.2 Å². The molecule has 1 heterocycles. The predicted octanol–water partition coefficient (Wildman–Crippen LogP) is 0.890. The van der Waals surface area contributed by atoms with E-state index < -0.39 is 0 Å². The third-order valence-corrected chi connectivity index (χ3v) is 4.04. The van der Waals surface area contributed by atoms with Crippen LogP contribution in [0.4, 0.5) is 0 Å². The van der Waals surface area contributed by atoms with E-state index >= 15 is 0 Å². The molecule has 1 amide bonds. The summed E-state index contributed by atoms with van der Waals surface area (Å²) in [5.41, 5.74) is 0.466. The van der Waals surface area contributed by atoms with Crippen molar-refractivity contribution >= 4 is 5.91 Å². The van der Waals surface area contributed by atoms with Gasteiger partial charge in [0.2, 0.25) is 0 Å². The smallest absolute Gasteiger partial charge is 0.255 e. The Kier molecular flexibility index (Phi) is 6.03. The molecule has 1 unspecified atom stereocenters. The van der Waals surface area contributed by atoms with Crippen LogP contribution in [0.3, 0.4) is 0 Å². The van der Waals surface area contributed by atoms with Gasteiger partial charge in [-0.05, 0) is 37.6 Å². The van der Waals surface area contributed by atoms with Gasteiger partial charge >= 0.3 is 0 Å². The molecule has 0 bridgehead atoms. The summed E-state index contributed by atoms with van der Waals surface area (Å²) in [6, 6.07) is 5.44. The van der Waals surface area contributed by atoms with Crippen molar-refractivity contribution in [2.24, 2.45) is 0 Å². The molecule has 0 aliphatic carbocycles. The Balaban J connectivity index is 2.00. The lowest BCUT2D eigenvalue weighted by molar-refractivity contribution is 0.0934. The lowest BCUT2D eigenvalue weighted by atomic mass is 10.1. The second kappa shape index (κ2) is 8.00. The summed E-state index contributed by atoms with van der Waals surface area (Å²) < 4.78 is 10.4. The predicted molar refractivity (Wildman–Crippen MR) is 83.6 cm³/mol. The lowest BCUT2D eigenvalue weighted by Gasteiger charge is -2.23. The molecule has 1 aromatic rings. The normalized spacial score (nSPS) is 18.2. The zero-order chi connectivity index (χ0) is 15.9. The number of rotatable bonds is 7. The van der Waals surface area contributed by atoms with Crippen molar-refractivity contribution in [2.75, 3.05) is 40.5 Å². The van der Waals surface area contributed by atoms with E-state index in [-0.39, 0.29) is 18.6 Å². The molecular formula is C16H24N2O4. The number of benzene rings is 1. The Morgan fingerprint density at radius 1 is 1.41 bits per heavy atom. The maximum atomic E-state index is 12.4. The van der Waals surface area contributed by atoms with E-state index in [0.717, 1.165) is 19.4 Å². The topological polar surface area (TPSA) is 71.0 Å². The number of ether oxygens (including phenoxy) is 2. The summed E-state index contributed by atoms with van der Waals surface area (Å²) in [5, 5.41) is 12.0. The minimum Gasteiger partial charge on any atom is -0.497 e. The number of aliphatic hydroxyl groups excluding tert-OH is 1. The van der Waals surface area contributed by atoms with E-state index in [0.29, 0.717) is 30.2 Å². The molecule has 0 aromatic heterocycles. The van der Waals surface area contributed by atoms with Gasteiger partial charge in [0.1, 0.15) is 11.5 Å². The first-order chi connectivity index (χ1) is 10.7. The van der Waals surface area contributed by atoms with Crippen LogP contribution in [0.5, 0.6) is 11.5 Å². The van der Waals surface area contributed by atoms with E-state index in [1.54, 1.807) is 32.4 Å². The molecule has 22 heavy (non-hydrogen) atoms. The molecule has 122 valence electrons. The number of hydrogen-bond donors (Lipinski definition) is 2. The summed E-state index contributed by atoms with van der Waals surface area (Å²) in [5.74, 6) is 0.970. The van der Waals surface area contributed by atoms with Crippen molar-refractivity contribution in [2.45, 2.75) is 18.9 Å². The van der Waals surface area contributed by atoms with Gasteiger partial charge in [-0.1, -0.05) is 0 Å². The number of β-amino-alcohol motifs (C(OH)–C–C–N with tert-alkyl or cyclic N) is 1. The van der Waals surface area contributed by atoms with Gasteiger partial charge in [0.25, 0.3) is 5.91 Å². The lowest BCUT2D eigenvalue weighted by Crippen LogP contribution is -2.41. The number of carbonyl (C=O) groups excluding carboxylic acids is 1. The van der Waals surface area contributed by atoms with Crippen molar-refractivity contribution in [3.63, 3.8) is 0 Å². The zero-order valence-electron chi connectivity index (χ0n) is 13.2. The second-order valence-corrected chi connectivity index (χ2v) is 5.33. The average Bonchev–Trinajstić information content (AvgIpc) is 2.99. The first kappa shape index (κ1) is 16.6. The first-order valence-electron chi connectivity index (χ1n) is 7.54. The molecule has 1 saturated heterocycles. The summed E-state index contributed by atoms with van der Waals surface area (Å²) in [4.78, 5) is 14.6. The number of amides is 1. The van der Waals surface area contributed by atoms with Gasteiger partial charge < -0.3 is 19.9 Å². The number of aliphatic hydroxyl groups is 1. The van der Waals surface area contributed by atoms with Crippen LogP contribution in [0.25, 0.3) is 0 Å². The highest BCUT2D eigenvalue weighted by Crippen LogP contribution is 2.24. The van der Waals surface area contributed by atoms with Gasteiger partial charge in [-0.15, -0.1) is 0 Å². The van der Waals surface area contributed by atoms with Crippen LogP contribution in [-0.2, 0) is 0 Å². The van der Waals surface area contributed by atoms with Crippen LogP contribution >= 0.6 is 0 Å². The van der Waals surface area contributed by atoms with Crippen molar-refractivity contribution in [3.05, 3.63) is 23.8 Å². The van der Waals surface area contributed by atoms with E-state index in [1.807, 2.05) is 0 Å². The average molecular weight is 308 g/mol. The number of likely N-dealkylation sites (tertiary alicyclic amines) is 1. The van der Waals surface area contributed by atoms with Crippen molar-refractivity contribution in [3.8, 4) is 11.5 Å². The maximum absolute atomic E-state index is 12.4. The molecule has 1 aliphatic rings. The molecule has 2 N–H and O–H groups in total. The van der Waals surface area contributed by atoms with Gasteiger partial charge in [0.15, 0.2) is 0 Å². The summed E-state index contributed by atoms with van der Waals surface area (Å²) >= 11 is 0. The van der Waals surface area contributed by atoms with Crippen LogP contribution in [0.2, 0.25) is 0 Å². The fourth-order valence-electron chi connectivity index (χ4n) is 2.85. The highest BCUT2D eigenvalue weighted by Gasteiger charge is 2.24. The van der Waals surface area contributed by atoms with Gasteiger partial charge in [-0.2, -0.15) is 0 Å². The monoisotopic (exact) mass is 308 g/mol. The number of carbonyl (C=O) groups is 1. The van der Waals surface area contributed by atoms with Gasteiger partial charge in [-0.3, -0.25) is 9.69 Å². The Hall–Kier alpha value is -1.79. The largest absolute Gasteiger partial charge is 0.497 e. The third kappa shape index (κ3) is 3.90. The molecule has 1 fully saturated rings. The Labute approximate surface area is 131 Å². The third-order valence-electron chi connectivity index (χ3n) is 4.04. The van der Waals surface area contributed by atoms with E-state index in [1.165, 1.54) is 0 Å². The fraction of sp³-hybridized carbons (Fsp3) is 0.562. The van der Waals surface area contributed by atoms with Crippen LogP contribution < -0.4 is 14.8 Å². The van der Waals surface area contributed by atoms with Gasteiger partial charge in [0, 0.05) is 19.1 Å². The molecule has 2 rings (SSSR count). The van der Waals surface area contributed by atoms with Gasteiger partial charge in [-0.25, -0.2) is 0 Å². The molecule has 1 aromatic carbocycles. The first-order valence-corrected chi connectivity index (χ1v) is 7.54. The molecule has 0 spiro atoms. The summed E-state index contributed by atoms with van der Waals surface area (Å²) in [7, 11) is 3.10. The quantitative estimate of drug-likeness (QED) is 0.783. The van der Waals surface area contributed by atoms with Crippen LogP contribution in [0.15, 0.2) is 18.2 Å². The van der Waals surface area contributed by atoms with Crippen molar-refractivity contribution in [1.29, 1.82) is 0 Å². The Bertz CT molecular complexity index is 507. The minimum atomic E-state index is -0.174. The van der Waals surface area contributed by atoms with Crippen LogP contribution in [-0.4, -0.2) is 62.4 Å². The summed E-state index contributed by atoms with van der Waals surface area (Å²) in [6.45, 7) is 2.35. The van der Waals surface area contributed by atoms with E-state index in [4.69, 9.17) is 14.6 Å². The Morgan fingerprint density at radius 2 is 2.23 bits per heavy atom. The number of hydrogen-bond acceptors (Lipinski definition) is 5. The zero-order valence-corrected chi connectivity index (χ0v) is 13.2. The molecule has 0 radical (unpaired) electrons. The summed E-state index contributed by atoms with van der Waals surface area (Å²) in [6.07, 6.45) is 2.14. The molecule has 1 aliphatic heterocycles. The van der Waals surface area contributed by atoms with Crippen molar-refractivity contribution in [1.82, 2.24) is 10.2 Å². The molecule has 6 heteroatoms. The molecule has 6 nitrogen and oxygen atoms in total. The molecule has 0 saturated carbocycles. The maximum Gasteiger partial charge on any atom is 0.255 e. The van der Waals surface area contributed by atoms with Crippen molar-refractivity contribution < 1.29 is 19.4 Å². The molecule has 1 atom stereocenters. The minimum absolute atomic E-state index is 0.147. The SMILES string of the molecule is COc1ccc(OC)c(C(=O)NCC2CCCN2CCO)c1. The highest BCUT2D eigenvalue weighted by molar-refractivity contribution is 5.97. The number of nitrogens with one attached hydrogen (secondary N) is 1. The van der Waals surface area contributed by atoms with E-state index in [9.17, 15) is 4.79 Å². The van der Waals surface area contributed by atoms with Gasteiger partial charge in [0.05, 0.1) is 26.4 Å². The van der Waals surface area contributed by atoms with Crippen LogP contribution in [0.1, 0.15) is 23.2 Å².